The quantitative estimate of drug-likeness (QED) is 0.875. The Hall–Kier alpha value is -1.75. The molecule has 21 heavy (non-hydrogen) atoms. The van der Waals surface area contributed by atoms with Crippen molar-refractivity contribution in [3.63, 3.8) is 0 Å². The predicted molar refractivity (Wildman–Crippen MR) is 79.9 cm³/mol. The number of carbonyl (C=O) groups excluding carboxylic acids is 1. The van der Waals surface area contributed by atoms with Crippen molar-refractivity contribution in [3.05, 3.63) is 28.8 Å². The first-order chi connectivity index (χ1) is 10.0. The standard InChI is InChI=1S/C15H17ClN2O3/c16-12-7-10(14(19)20)3-6-13(12)17-15(21)18(11-4-5-11)8-9-1-2-9/h3,6-7,9,11H,1-2,4-5,8H2,(H,17,21)(H,19,20). The van der Waals surface area contributed by atoms with E-state index < -0.39 is 5.97 Å². The van der Waals surface area contributed by atoms with Gasteiger partial charge in [0, 0.05) is 12.6 Å². The number of hydrogen-bond donors (Lipinski definition) is 2. The van der Waals surface area contributed by atoms with Gasteiger partial charge in [-0.2, -0.15) is 0 Å². The van der Waals surface area contributed by atoms with E-state index in [-0.39, 0.29) is 16.6 Å². The molecule has 2 N–H and O–H groups in total. The summed E-state index contributed by atoms with van der Waals surface area (Å²) in [6.45, 7) is 0.807. The van der Waals surface area contributed by atoms with Gasteiger partial charge in [-0.05, 0) is 49.8 Å². The highest BCUT2D eigenvalue weighted by atomic mass is 35.5. The maximum Gasteiger partial charge on any atom is 0.335 e. The monoisotopic (exact) mass is 308 g/mol. The Morgan fingerprint density at radius 1 is 1.29 bits per heavy atom. The predicted octanol–water partition coefficient (Wildman–Crippen LogP) is 3.44. The lowest BCUT2D eigenvalue weighted by molar-refractivity contribution is 0.0697. The zero-order chi connectivity index (χ0) is 15.0. The molecule has 2 saturated carbocycles. The minimum atomic E-state index is -1.04. The second kappa shape index (κ2) is 5.56. The number of benzene rings is 1. The van der Waals surface area contributed by atoms with Crippen molar-refractivity contribution in [2.75, 3.05) is 11.9 Å². The topological polar surface area (TPSA) is 69.6 Å². The summed E-state index contributed by atoms with van der Waals surface area (Å²) in [5.74, 6) is -0.399. The number of carbonyl (C=O) groups is 2. The fraction of sp³-hybridized carbons (Fsp3) is 0.467. The van der Waals surface area contributed by atoms with Gasteiger partial charge in [0.1, 0.15) is 0 Å². The number of rotatable bonds is 5. The molecule has 1 aromatic rings. The lowest BCUT2D eigenvalue weighted by Crippen LogP contribution is -2.38. The van der Waals surface area contributed by atoms with Crippen molar-refractivity contribution in [1.29, 1.82) is 0 Å². The summed E-state index contributed by atoms with van der Waals surface area (Å²) in [7, 11) is 0. The molecule has 0 heterocycles. The van der Waals surface area contributed by atoms with Crippen molar-refractivity contribution < 1.29 is 14.7 Å². The average Bonchev–Trinajstić information content (AvgIpc) is 3.31. The van der Waals surface area contributed by atoms with Gasteiger partial charge in [0.25, 0.3) is 0 Å². The highest BCUT2D eigenvalue weighted by molar-refractivity contribution is 6.34. The molecule has 0 atom stereocenters. The molecule has 2 aliphatic rings. The number of nitrogens with zero attached hydrogens (tertiary/aromatic N) is 1. The normalized spacial score (nSPS) is 17.4. The summed E-state index contributed by atoms with van der Waals surface area (Å²) in [5.41, 5.74) is 0.558. The molecule has 0 aliphatic heterocycles. The van der Waals surface area contributed by atoms with Crippen molar-refractivity contribution >= 4 is 29.3 Å². The first-order valence-corrected chi connectivity index (χ1v) is 7.53. The van der Waals surface area contributed by atoms with E-state index in [0.29, 0.717) is 17.6 Å². The molecule has 5 nitrogen and oxygen atoms in total. The highest BCUT2D eigenvalue weighted by Crippen LogP contribution is 2.35. The van der Waals surface area contributed by atoms with Crippen LogP contribution in [0.4, 0.5) is 10.5 Å². The summed E-state index contributed by atoms with van der Waals surface area (Å²) in [6, 6.07) is 4.52. The van der Waals surface area contributed by atoms with E-state index in [2.05, 4.69) is 5.32 Å². The Balaban J connectivity index is 1.69. The molecule has 2 aliphatic carbocycles. The summed E-state index contributed by atoms with van der Waals surface area (Å²) in [4.78, 5) is 25.1. The number of urea groups is 1. The van der Waals surface area contributed by atoms with Crippen LogP contribution >= 0.6 is 11.6 Å². The van der Waals surface area contributed by atoms with Gasteiger partial charge in [-0.15, -0.1) is 0 Å². The summed E-state index contributed by atoms with van der Waals surface area (Å²) in [5, 5.41) is 11.9. The molecule has 112 valence electrons. The van der Waals surface area contributed by atoms with Gasteiger partial charge in [-0.25, -0.2) is 9.59 Å². The zero-order valence-corrected chi connectivity index (χ0v) is 12.3. The molecule has 6 heteroatoms. The van der Waals surface area contributed by atoms with Gasteiger partial charge >= 0.3 is 12.0 Å². The van der Waals surface area contributed by atoms with Gasteiger partial charge < -0.3 is 15.3 Å². The number of carboxylic acids is 1. The fourth-order valence-corrected chi connectivity index (χ4v) is 2.53. The Morgan fingerprint density at radius 3 is 2.52 bits per heavy atom. The molecule has 2 fully saturated rings. The van der Waals surface area contributed by atoms with Crippen molar-refractivity contribution in [2.24, 2.45) is 5.92 Å². The zero-order valence-electron chi connectivity index (χ0n) is 11.5. The van der Waals surface area contributed by atoms with Crippen LogP contribution in [0.1, 0.15) is 36.0 Å². The van der Waals surface area contributed by atoms with Crippen molar-refractivity contribution in [3.8, 4) is 0 Å². The number of aromatic carboxylic acids is 1. The lowest BCUT2D eigenvalue weighted by atomic mass is 10.2. The van der Waals surface area contributed by atoms with Crippen LogP contribution in [-0.4, -0.2) is 34.6 Å². The number of amides is 2. The van der Waals surface area contributed by atoms with Gasteiger partial charge in [-0.3, -0.25) is 0 Å². The molecular formula is C15H17ClN2O3. The van der Waals surface area contributed by atoms with E-state index in [1.165, 1.54) is 31.0 Å². The maximum atomic E-state index is 12.4. The first-order valence-electron chi connectivity index (χ1n) is 7.15. The third kappa shape index (κ3) is 3.47. The lowest BCUT2D eigenvalue weighted by Gasteiger charge is -2.23. The van der Waals surface area contributed by atoms with Crippen LogP contribution in [0, 0.1) is 5.92 Å². The van der Waals surface area contributed by atoms with Crippen LogP contribution < -0.4 is 5.32 Å². The molecule has 3 rings (SSSR count). The number of hydrogen-bond acceptors (Lipinski definition) is 2. The highest BCUT2D eigenvalue weighted by Gasteiger charge is 2.36. The largest absolute Gasteiger partial charge is 0.478 e. The van der Waals surface area contributed by atoms with E-state index in [0.717, 1.165) is 19.4 Å². The summed E-state index contributed by atoms with van der Waals surface area (Å²) in [6.07, 6.45) is 4.52. The van der Waals surface area contributed by atoms with Crippen molar-refractivity contribution in [1.82, 2.24) is 4.90 Å². The van der Waals surface area contributed by atoms with Crippen LogP contribution in [-0.2, 0) is 0 Å². The van der Waals surface area contributed by atoms with Gasteiger partial charge in [0.2, 0.25) is 0 Å². The number of carboxylic acid groups (broad SMARTS) is 1. The van der Waals surface area contributed by atoms with Gasteiger partial charge in [-0.1, -0.05) is 11.6 Å². The Morgan fingerprint density at radius 2 is 2.00 bits per heavy atom. The van der Waals surface area contributed by atoms with E-state index in [9.17, 15) is 9.59 Å². The minimum Gasteiger partial charge on any atom is -0.478 e. The SMILES string of the molecule is O=C(O)c1ccc(NC(=O)N(CC2CC2)C2CC2)c(Cl)c1. The summed E-state index contributed by atoms with van der Waals surface area (Å²) < 4.78 is 0. The van der Waals surface area contributed by atoms with Crippen LogP contribution in [0.15, 0.2) is 18.2 Å². The number of halogens is 1. The molecule has 0 saturated heterocycles. The molecule has 2 amide bonds. The first kappa shape index (κ1) is 14.2. The molecule has 0 unspecified atom stereocenters. The van der Waals surface area contributed by atoms with E-state index >= 15 is 0 Å². The van der Waals surface area contributed by atoms with E-state index in [1.54, 1.807) is 0 Å². The molecule has 1 aromatic carbocycles. The van der Waals surface area contributed by atoms with Crippen LogP contribution in [0.5, 0.6) is 0 Å². The summed E-state index contributed by atoms with van der Waals surface area (Å²) >= 11 is 6.04. The average molecular weight is 309 g/mol. The number of anilines is 1. The van der Waals surface area contributed by atoms with Crippen LogP contribution in [0.3, 0.4) is 0 Å². The Bertz CT molecular complexity index is 582. The smallest absolute Gasteiger partial charge is 0.335 e. The molecule has 0 bridgehead atoms. The Labute approximate surface area is 127 Å². The maximum absolute atomic E-state index is 12.4. The molecule has 0 aromatic heterocycles. The van der Waals surface area contributed by atoms with E-state index in [4.69, 9.17) is 16.7 Å². The molecule has 0 radical (unpaired) electrons. The second-order valence-corrected chi connectivity index (χ2v) is 6.16. The third-order valence-electron chi connectivity index (χ3n) is 3.86. The fourth-order valence-electron chi connectivity index (χ4n) is 2.30. The molecule has 0 spiro atoms. The van der Waals surface area contributed by atoms with Crippen LogP contribution in [0.2, 0.25) is 5.02 Å². The number of nitrogens with one attached hydrogen (secondary N) is 1. The van der Waals surface area contributed by atoms with E-state index in [1.807, 2.05) is 4.90 Å². The second-order valence-electron chi connectivity index (χ2n) is 5.76. The van der Waals surface area contributed by atoms with Gasteiger partial charge in [0.15, 0.2) is 0 Å². The van der Waals surface area contributed by atoms with Gasteiger partial charge in [0.05, 0.1) is 16.3 Å². The third-order valence-corrected chi connectivity index (χ3v) is 4.17. The minimum absolute atomic E-state index is 0.107. The Kier molecular flexibility index (Phi) is 3.76. The van der Waals surface area contributed by atoms with Crippen molar-refractivity contribution in [2.45, 2.75) is 31.7 Å². The molecular weight excluding hydrogens is 292 g/mol. The van der Waals surface area contributed by atoms with Crippen LogP contribution in [0.25, 0.3) is 0 Å².